The van der Waals surface area contributed by atoms with Crippen LogP contribution in [0.25, 0.3) is 0 Å². The average Bonchev–Trinajstić information content (AvgIpc) is 2.51. The van der Waals surface area contributed by atoms with E-state index in [1.54, 1.807) is 12.1 Å². The molecule has 0 radical (unpaired) electrons. The molecule has 0 bridgehead atoms. The Morgan fingerprint density at radius 2 is 2.17 bits per heavy atom. The van der Waals surface area contributed by atoms with E-state index in [1.807, 2.05) is 4.90 Å². The third-order valence-corrected chi connectivity index (χ3v) is 5.66. The summed E-state index contributed by atoms with van der Waals surface area (Å²) in [5, 5.41) is 10.2. The summed E-state index contributed by atoms with van der Waals surface area (Å²) in [6.45, 7) is 1.18. The molecule has 1 heterocycles. The van der Waals surface area contributed by atoms with Gasteiger partial charge in [-0.2, -0.15) is 17.4 Å². The lowest BCUT2D eigenvalue weighted by atomic mass is 10.0. The molecular weight excluding hydrogens is 337 g/mol. The summed E-state index contributed by atoms with van der Waals surface area (Å²) in [6, 6.07) is 4.12. The molecule has 136 valence electrons. The van der Waals surface area contributed by atoms with Gasteiger partial charge in [0.25, 0.3) is 10.2 Å². The van der Waals surface area contributed by atoms with Crippen LogP contribution in [-0.4, -0.2) is 69.2 Å². The molecule has 24 heavy (non-hydrogen) atoms. The number of β-amino-alcohol motifs (C(OH)–C–C–N with tert-alkyl or cyclic N) is 1. The first-order chi connectivity index (χ1) is 11.2. The monoisotopic (exact) mass is 361 g/mol. The number of nitrogens with one attached hydrogen (secondary N) is 1. The highest BCUT2D eigenvalue weighted by molar-refractivity contribution is 7.87. The Balaban J connectivity index is 1.96. The van der Waals surface area contributed by atoms with E-state index in [0.29, 0.717) is 30.8 Å². The molecule has 7 nitrogen and oxygen atoms in total. The molecule has 9 heteroatoms. The van der Waals surface area contributed by atoms with E-state index >= 15 is 0 Å². The van der Waals surface area contributed by atoms with Crippen molar-refractivity contribution in [1.29, 1.82) is 0 Å². The van der Waals surface area contributed by atoms with Gasteiger partial charge in [-0.15, -0.1) is 0 Å². The molecule has 1 aromatic rings. The predicted octanol–water partition coefficient (Wildman–Crippen LogP) is 0.166. The molecule has 0 amide bonds. The zero-order valence-electron chi connectivity index (χ0n) is 14.1. The Hall–Kier alpha value is -1.26. The molecule has 1 fully saturated rings. The van der Waals surface area contributed by atoms with Gasteiger partial charge in [0.1, 0.15) is 11.6 Å². The number of ether oxygens (including phenoxy) is 1. The molecule has 0 saturated carbocycles. The van der Waals surface area contributed by atoms with Crippen LogP contribution < -0.4 is 9.46 Å². The van der Waals surface area contributed by atoms with E-state index < -0.39 is 22.4 Å². The number of hydrogen-bond acceptors (Lipinski definition) is 5. The van der Waals surface area contributed by atoms with Crippen molar-refractivity contribution in [2.45, 2.75) is 25.1 Å². The van der Waals surface area contributed by atoms with Gasteiger partial charge >= 0.3 is 0 Å². The molecule has 2 atom stereocenters. The number of aliphatic hydroxyl groups excluding tert-OH is 1. The van der Waals surface area contributed by atoms with Gasteiger partial charge < -0.3 is 9.84 Å². The van der Waals surface area contributed by atoms with Crippen LogP contribution in [0.2, 0.25) is 0 Å². The summed E-state index contributed by atoms with van der Waals surface area (Å²) in [7, 11) is 0.740. The summed E-state index contributed by atoms with van der Waals surface area (Å²) >= 11 is 0. The quantitative estimate of drug-likeness (QED) is 0.755. The Bertz CT molecular complexity index is 669. The number of aliphatic hydroxyl groups is 1. The summed E-state index contributed by atoms with van der Waals surface area (Å²) < 4.78 is 46.2. The van der Waals surface area contributed by atoms with Crippen molar-refractivity contribution in [3.63, 3.8) is 0 Å². The number of likely N-dealkylation sites (tertiary alicyclic amines) is 1. The number of benzene rings is 1. The Morgan fingerprint density at radius 1 is 1.46 bits per heavy atom. The van der Waals surface area contributed by atoms with E-state index in [4.69, 9.17) is 4.74 Å². The van der Waals surface area contributed by atoms with Crippen molar-refractivity contribution in [2.24, 2.45) is 0 Å². The molecule has 0 unspecified atom stereocenters. The maximum absolute atomic E-state index is 14.0. The van der Waals surface area contributed by atoms with Gasteiger partial charge in [0.05, 0.1) is 19.3 Å². The second kappa shape index (κ2) is 7.75. The number of piperidine rings is 1. The summed E-state index contributed by atoms with van der Waals surface area (Å²) in [4.78, 5) is 1.90. The van der Waals surface area contributed by atoms with E-state index in [1.165, 1.54) is 27.3 Å². The summed E-state index contributed by atoms with van der Waals surface area (Å²) in [6.07, 6.45) is -0.402. The highest BCUT2D eigenvalue weighted by atomic mass is 32.2. The van der Waals surface area contributed by atoms with E-state index in [0.717, 1.165) is 4.31 Å². The predicted molar refractivity (Wildman–Crippen MR) is 88.4 cm³/mol. The molecule has 1 aromatic carbocycles. The van der Waals surface area contributed by atoms with Crippen LogP contribution in [-0.2, 0) is 16.8 Å². The highest BCUT2D eigenvalue weighted by Gasteiger charge is 2.31. The largest absolute Gasteiger partial charge is 0.497 e. The van der Waals surface area contributed by atoms with Crippen molar-refractivity contribution in [3.8, 4) is 5.75 Å². The van der Waals surface area contributed by atoms with E-state index in [-0.39, 0.29) is 12.4 Å². The second-order valence-electron chi connectivity index (χ2n) is 6.06. The van der Waals surface area contributed by atoms with Crippen LogP contribution in [0.3, 0.4) is 0 Å². The minimum absolute atomic E-state index is 0.270. The van der Waals surface area contributed by atoms with Crippen molar-refractivity contribution >= 4 is 10.2 Å². The normalized spacial score (nSPS) is 22.8. The molecule has 0 aromatic heterocycles. The van der Waals surface area contributed by atoms with Gasteiger partial charge in [0.15, 0.2) is 0 Å². The van der Waals surface area contributed by atoms with Gasteiger partial charge in [-0.25, -0.2) is 4.39 Å². The standard InChI is InChI=1S/C15H24FN3O4S/c1-18(2)24(21,22)17-14-6-7-19(10-15(14)20)9-11-4-5-12(23-3)8-13(11)16/h4-5,8,14-15,17,20H,6-7,9-10H2,1-3H3/t14-,15-/m1/s1. The minimum Gasteiger partial charge on any atom is -0.497 e. The molecule has 0 aliphatic carbocycles. The lowest BCUT2D eigenvalue weighted by molar-refractivity contribution is 0.0437. The fourth-order valence-corrected chi connectivity index (χ4v) is 3.47. The molecule has 0 spiro atoms. The van der Waals surface area contributed by atoms with Crippen molar-refractivity contribution < 1.29 is 22.7 Å². The minimum atomic E-state index is -3.59. The summed E-state index contributed by atoms with van der Waals surface area (Å²) in [5.41, 5.74) is 0.510. The zero-order chi connectivity index (χ0) is 17.9. The maximum Gasteiger partial charge on any atom is 0.279 e. The molecule has 1 aliphatic heterocycles. The van der Waals surface area contributed by atoms with Gasteiger partial charge in [0, 0.05) is 45.4 Å². The Labute approximate surface area is 142 Å². The van der Waals surface area contributed by atoms with Gasteiger partial charge in [-0.1, -0.05) is 6.07 Å². The first-order valence-electron chi connectivity index (χ1n) is 7.65. The average molecular weight is 361 g/mol. The van der Waals surface area contributed by atoms with Crippen LogP contribution in [0.1, 0.15) is 12.0 Å². The van der Waals surface area contributed by atoms with Gasteiger partial charge in [-0.05, 0) is 12.5 Å². The number of halogens is 1. The fourth-order valence-electron chi connectivity index (χ4n) is 2.60. The Kier molecular flexibility index (Phi) is 6.16. The van der Waals surface area contributed by atoms with Crippen LogP contribution in [0.4, 0.5) is 4.39 Å². The number of hydrogen-bond donors (Lipinski definition) is 2. The fraction of sp³-hybridized carbons (Fsp3) is 0.600. The molecular formula is C15H24FN3O4S. The van der Waals surface area contributed by atoms with Crippen molar-refractivity contribution in [2.75, 3.05) is 34.3 Å². The topological polar surface area (TPSA) is 82.1 Å². The smallest absolute Gasteiger partial charge is 0.279 e. The van der Waals surface area contributed by atoms with Gasteiger partial charge in [0.2, 0.25) is 0 Å². The third-order valence-electron chi connectivity index (χ3n) is 4.10. The van der Waals surface area contributed by atoms with Crippen molar-refractivity contribution in [3.05, 3.63) is 29.6 Å². The lowest BCUT2D eigenvalue weighted by Crippen LogP contribution is -2.55. The molecule has 1 aliphatic rings. The van der Waals surface area contributed by atoms with Crippen LogP contribution >= 0.6 is 0 Å². The number of methoxy groups -OCH3 is 1. The number of rotatable bonds is 6. The second-order valence-corrected chi connectivity index (χ2v) is 7.98. The molecule has 2 rings (SSSR count). The number of nitrogens with zero attached hydrogens (tertiary/aromatic N) is 2. The maximum atomic E-state index is 14.0. The first kappa shape index (κ1) is 19.1. The van der Waals surface area contributed by atoms with Crippen LogP contribution in [0.5, 0.6) is 5.75 Å². The first-order valence-corrected chi connectivity index (χ1v) is 9.09. The highest BCUT2D eigenvalue weighted by Crippen LogP contribution is 2.20. The molecule has 2 N–H and O–H groups in total. The lowest BCUT2D eigenvalue weighted by Gasteiger charge is -2.36. The van der Waals surface area contributed by atoms with E-state index in [9.17, 15) is 17.9 Å². The zero-order valence-corrected chi connectivity index (χ0v) is 14.9. The SMILES string of the molecule is COc1ccc(CN2CC[C@@H](NS(=O)(=O)N(C)C)[C@H](O)C2)c(F)c1. The summed E-state index contributed by atoms with van der Waals surface area (Å²) in [5.74, 6) is 0.0901. The third kappa shape index (κ3) is 4.64. The van der Waals surface area contributed by atoms with Crippen LogP contribution in [0, 0.1) is 5.82 Å². The van der Waals surface area contributed by atoms with Crippen molar-refractivity contribution in [1.82, 2.24) is 13.9 Å². The Morgan fingerprint density at radius 3 is 2.71 bits per heavy atom. The van der Waals surface area contributed by atoms with Crippen LogP contribution in [0.15, 0.2) is 18.2 Å². The molecule has 1 saturated heterocycles. The van der Waals surface area contributed by atoms with Gasteiger partial charge in [-0.3, -0.25) is 4.90 Å². The van der Waals surface area contributed by atoms with E-state index in [2.05, 4.69) is 4.72 Å².